The van der Waals surface area contributed by atoms with Gasteiger partial charge in [0.05, 0.1) is 17.8 Å². The summed E-state index contributed by atoms with van der Waals surface area (Å²) in [5.74, 6) is -0.859. The van der Waals surface area contributed by atoms with Gasteiger partial charge in [-0.2, -0.15) is 0 Å². The van der Waals surface area contributed by atoms with E-state index in [0.717, 1.165) is 4.31 Å². The number of halogens is 1. The monoisotopic (exact) mass is 360 g/mol. The van der Waals surface area contributed by atoms with Crippen LogP contribution in [0.5, 0.6) is 11.5 Å². The standard InChI is InChI=1S/C13H13ClN2O6S/c1-16(2)23(20,21)13-6(14)4-5-7(9(13)17)15-8-10(18)11(19)12(8)22-3/h4-5,15,17H,1-3H3. The number of phenols is 1. The number of nitrogens with one attached hydrogen (secondary N) is 1. The van der Waals surface area contributed by atoms with Crippen molar-refractivity contribution in [2.24, 2.45) is 0 Å². The molecule has 23 heavy (non-hydrogen) atoms. The fraction of sp³-hybridized carbons (Fsp3) is 0.231. The normalized spacial score (nSPS) is 11.9. The molecule has 2 N–H and O–H groups in total. The first kappa shape index (κ1) is 17.3. The van der Waals surface area contributed by atoms with Crippen molar-refractivity contribution in [3.63, 3.8) is 0 Å². The molecule has 0 aromatic heterocycles. The maximum atomic E-state index is 12.2. The first-order valence-electron chi connectivity index (χ1n) is 6.21. The van der Waals surface area contributed by atoms with Crippen LogP contribution < -0.4 is 20.9 Å². The Bertz CT molecular complexity index is 944. The van der Waals surface area contributed by atoms with Crippen LogP contribution in [0.4, 0.5) is 11.4 Å². The van der Waals surface area contributed by atoms with Crippen LogP contribution in [-0.4, -0.2) is 39.0 Å². The highest BCUT2D eigenvalue weighted by Gasteiger charge is 2.28. The highest BCUT2D eigenvalue weighted by atomic mass is 35.5. The molecule has 0 aliphatic heterocycles. The molecule has 10 heteroatoms. The number of ether oxygens (including phenoxy) is 1. The van der Waals surface area contributed by atoms with Crippen LogP contribution in [0.15, 0.2) is 26.6 Å². The molecular formula is C13H13ClN2O6S. The lowest BCUT2D eigenvalue weighted by molar-refractivity contribution is 0.408. The number of hydrogen-bond acceptors (Lipinski definition) is 7. The second-order valence-corrected chi connectivity index (χ2v) is 7.25. The Balaban J connectivity index is 2.57. The van der Waals surface area contributed by atoms with E-state index in [2.05, 4.69) is 5.32 Å². The molecule has 8 nitrogen and oxygen atoms in total. The molecule has 0 radical (unpaired) electrons. The van der Waals surface area contributed by atoms with Crippen molar-refractivity contribution >= 4 is 33.0 Å². The van der Waals surface area contributed by atoms with Crippen molar-refractivity contribution in [2.75, 3.05) is 26.5 Å². The summed E-state index contributed by atoms with van der Waals surface area (Å²) in [5, 5.41) is 12.5. The van der Waals surface area contributed by atoms with E-state index in [1.807, 2.05) is 0 Å². The molecule has 0 amide bonds. The molecule has 2 aromatic rings. The quantitative estimate of drug-likeness (QED) is 0.594. The van der Waals surface area contributed by atoms with Crippen molar-refractivity contribution < 1.29 is 18.3 Å². The minimum absolute atomic E-state index is 0.0970. The highest BCUT2D eigenvalue weighted by molar-refractivity contribution is 7.89. The van der Waals surface area contributed by atoms with E-state index in [1.165, 1.54) is 33.3 Å². The van der Waals surface area contributed by atoms with Gasteiger partial charge in [-0.25, -0.2) is 12.7 Å². The number of sulfonamides is 1. The molecule has 0 aliphatic carbocycles. The number of aromatic hydroxyl groups is 1. The van der Waals surface area contributed by atoms with Gasteiger partial charge in [-0.1, -0.05) is 11.6 Å². The van der Waals surface area contributed by atoms with Crippen LogP contribution in [0.2, 0.25) is 5.02 Å². The van der Waals surface area contributed by atoms with Gasteiger partial charge in [0, 0.05) is 14.1 Å². The number of rotatable bonds is 5. The van der Waals surface area contributed by atoms with E-state index >= 15 is 0 Å². The van der Waals surface area contributed by atoms with E-state index < -0.39 is 31.5 Å². The number of nitrogens with zero attached hydrogens (tertiary/aromatic N) is 1. The third kappa shape index (κ3) is 2.67. The predicted molar refractivity (Wildman–Crippen MR) is 85.2 cm³/mol. The molecule has 0 atom stereocenters. The minimum atomic E-state index is -4.02. The molecule has 0 spiro atoms. The predicted octanol–water partition coefficient (Wildman–Crippen LogP) is 0.644. The van der Waals surface area contributed by atoms with Crippen LogP contribution in [0.3, 0.4) is 0 Å². The SMILES string of the molecule is COc1c(Nc2ccc(Cl)c(S(=O)(=O)N(C)C)c2O)c(=O)c1=O. The number of hydrogen-bond donors (Lipinski definition) is 2. The van der Waals surface area contributed by atoms with Gasteiger partial charge in [-0.15, -0.1) is 0 Å². The Hall–Kier alpha value is -2.10. The lowest BCUT2D eigenvalue weighted by Gasteiger charge is -2.18. The van der Waals surface area contributed by atoms with Crippen LogP contribution >= 0.6 is 11.6 Å². The van der Waals surface area contributed by atoms with Crippen LogP contribution in [0.1, 0.15) is 0 Å². The average Bonchev–Trinajstić information content (AvgIpc) is 2.48. The molecule has 0 bridgehead atoms. The molecule has 2 aromatic carbocycles. The topological polar surface area (TPSA) is 113 Å². The summed E-state index contributed by atoms with van der Waals surface area (Å²) in [5.41, 5.74) is -1.89. The van der Waals surface area contributed by atoms with Gasteiger partial charge in [0.25, 0.3) is 10.9 Å². The van der Waals surface area contributed by atoms with Crippen LogP contribution in [0.25, 0.3) is 0 Å². The van der Waals surface area contributed by atoms with Crippen LogP contribution in [-0.2, 0) is 10.0 Å². The van der Waals surface area contributed by atoms with Crippen molar-refractivity contribution in [3.8, 4) is 11.5 Å². The molecule has 124 valence electrons. The summed E-state index contributed by atoms with van der Waals surface area (Å²) in [7, 11) is -0.238. The second kappa shape index (κ2) is 5.84. The molecular weight excluding hydrogens is 348 g/mol. The first-order chi connectivity index (χ1) is 10.6. The van der Waals surface area contributed by atoms with Gasteiger partial charge in [0.15, 0.2) is 11.5 Å². The molecule has 0 fully saturated rings. The smallest absolute Gasteiger partial charge is 0.272 e. The van der Waals surface area contributed by atoms with E-state index in [1.54, 1.807) is 0 Å². The Labute approximate surface area is 136 Å². The second-order valence-electron chi connectivity index (χ2n) is 4.75. The van der Waals surface area contributed by atoms with Gasteiger partial charge >= 0.3 is 0 Å². The number of anilines is 2. The van der Waals surface area contributed by atoms with E-state index in [9.17, 15) is 23.1 Å². The summed E-state index contributed by atoms with van der Waals surface area (Å²) >= 11 is 5.87. The Morgan fingerprint density at radius 2 is 1.83 bits per heavy atom. The van der Waals surface area contributed by atoms with Crippen molar-refractivity contribution in [1.82, 2.24) is 4.31 Å². The Morgan fingerprint density at radius 1 is 1.22 bits per heavy atom. The third-order valence-electron chi connectivity index (χ3n) is 3.15. The van der Waals surface area contributed by atoms with E-state index in [4.69, 9.17) is 16.3 Å². The average molecular weight is 361 g/mol. The molecule has 2 rings (SSSR count). The van der Waals surface area contributed by atoms with Crippen molar-refractivity contribution in [2.45, 2.75) is 4.90 Å². The minimum Gasteiger partial charge on any atom is -0.504 e. The van der Waals surface area contributed by atoms with Crippen molar-refractivity contribution in [3.05, 3.63) is 37.6 Å². The number of methoxy groups -OCH3 is 1. The van der Waals surface area contributed by atoms with Crippen molar-refractivity contribution in [1.29, 1.82) is 0 Å². The zero-order valence-corrected chi connectivity index (χ0v) is 13.9. The van der Waals surface area contributed by atoms with Crippen LogP contribution in [0, 0.1) is 0 Å². The fourth-order valence-corrected chi connectivity index (χ4v) is 3.37. The lowest BCUT2D eigenvalue weighted by Crippen LogP contribution is -2.34. The van der Waals surface area contributed by atoms with E-state index in [0.29, 0.717) is 0 Å². The summed E-state index contributed by atoms with van der Waals surface area (Å²) < 4.78 is 30.1. The summed E-state index contributed by atoms with van der Waals surface area (Å²) in [6.07, 6.45) is 0. The molecule has 0 saturated carbocycles. The number of phenolic OH excluding ortho intramolecular Hbond substituents is 1. The zero-order valence-electron chi connectivity index (χ0n) is 12.4. The van der Waals surface area contributed by atoms with Gasteiger partial charge in [-0.3, -0.25) is 9.59 Å². The van der Waals surface area contributed by atoms with Gasteiger partial charge in [0.2, 0.25) is 10.0 Å². The first-order valence-corrected chi connectivity index (χ1v) is 8.03. The summed E-state index contributed by atoms with van der Waals surface area (Å²) in [6.45, 7) is 0. The third-order valence-corrected chi connectivity index (χ3v) is 5.47. The number of benzene rings is 1. The molecule has 0 unspecified atom stereocenters. The Kier molecular flexibility index (Phi) is 4.38. The maximum Gasteiger partial charge on any atom is 0.272 e. The zero-order chi connectivity index (χ0) is 17.5. The van der Waals surface area contributed by atoms with Gasteiger partial charge in [-0.05, 0) is 12.1 Å². The molecule has 0 aliphatic rings. The largest absolute Gasteiger partial charge is 0.504 e. The lowest BCUT2D eigenvalue weighted by atomic mass is 10.2. The fourth-order valence-electron chi connectivity index (χ4n) is 1.89. The van der Waals surface area contributed by atoms with Gasteiger partial charge in [0.1, 0.15) is 10.6 Å². The highest BCUT2D eigenvalue weighted by Crippen LogP contribution is 2.39. The Morgan fingerprint density at radius 3 is 2.35 bits per heavy atom. The molecule has 0 saturated heterocycles. The maximum absolute atomic E-state index is 12.2. The van der Waals surface area contributed by atoms with Gasteiger partial charge < -0.3 is 15.2 Å². The summed E-state index contributed by atoms with van der Waals surface area (Å²) in [6, 6.07) is 2.53. The van der Waals surface area contributed by atoms with E-state index in [-0.39, 0.29) is 22.1 Å². The molecule has 0 heterocycles. The summed E-state index contributed by atoms with van der Waals surface area (Å²) in [4.78, 5) is 22.3.